The lowest BCUT2D eigenvalue weighted by Crippen LogP contribution is -2.13. The van der Waals surface area contributed by atoms with Gasteiger partial charge in [0.25, 0.3) is 10.0 Å². The van der Waals surface area contributed by atoms with Crippen molar-refractivity contribution in [2.75, 3.05) is 4.72 Å². The van der Waals surface area contributed by atoms with Crippen LogP contribution in [-0.2, 0) is 16.6 Å². The van der Waals surface area contributed by atoms with Crippen molar-refractivity contribution in [3.63, 3.8) is 0 Å². The standard InChI is InChI=1S/C18H14ClFN2O3S/c19-17-11-16(7-8-18(17)20)26(23,24)22-13-5-3-6-15(10-13)25-12-14-4-1-2-9-21-14/h1-11,22H,12H2. The summed E-state index contributed by atoms with van der Waals surface area (Å²) in [5, 5.41) is -0.264. The monoisotopic (exact) mass is 392 g/mol. The lowest BCUT2D eigenvalue weighted by molar-refractivity contribution is 0.301. The molecule has 3 rings (SSSR count). The highest BCUT2D eigenvalue weighted by molar-refractivity contribution is 7.92. The molecule has 0 radical (unpaired) electrons. The van der Waals surface area contributed by atoms with Crippen LogP contribution in [0, 0.1) is 5.82 Å². The summed E-state index contributed by atoms with van der Waals surface area (Å²) >= 11 is 5.65. The number of ether oxygens (including phenoxy) is 1. The van der Waals surface area contributed by atoms with Crippen LogP contribution in [0.4, 0.5) is 10.1 Å². The van der Waals surface area contributed by atoms with Gasteiger partial charge in [0.15, 0.2) is 0 Å². The largest absolute Gasteiger partial charge is 0.487 e. The molecule has 0 aliphatic rings. The quantitative estimate of drug-likeness (QED) is 0.680. The summed E-state index contributed by atoms with van der Waals surface area (Å²) in [6.45, 7) is 0.255. The molecule has 0 saturated carbocycles. The van der Waals surface area contributed by atoms with Crippen LogP contribution >= 0.6 is 11.6 Å². The van der Waals surface area contributed by atoms with Crippen molar-refractivity contribution in [3.05, 3.63) is 83.4 Å². The van der Waals surface area contributed by atoms with Gasteiger partial charge >= 0.3 is 0 Å². The van der Waals surface area contributed by atoms with Crippen molar-refractivity contribution in [3.8, 4) is 5.75 Å². The molecule has 1 N–H and O–H groups in total. The minimum absolute atomic E-state index is 0.135. The molecule has 0 aliphatic heterocycles. The molecule has 0 unspecified atom stereocenters. The van der Waals surface area contributed by atoms with Gasteiger partial charge in [-0.25, -0.2) is 12.8 Å². The lowest BCUT2D eigenvalue weighted by atomic mass is 10.3. The highest BCUT2D eigenvalue weighted by Gasteiger charge is 2.16. The Morgan fingerprint density at radius 2 is 1.92 bits per heavy atom. The molecule has 1 aromatic heterocycles. The summed E-state index contributed by atoms with van der Waals surface area (Å²) < 4.78 is 46.1. The first-order chi connectivity index (χ1) is 12.4. The fourth-order valence-corrected chi connectivity index (χ4v) is 3.47. The third kappa shape index (κ3) is 4.50. The van der Waals surface area contributed by atoms with Crippen LogP contribution in [0.1, 0.15) is 5.69 Å². The van der Waals surface area contributed by atoms with Gasteiger partial charge in [-0.1, -0.05) is 23.7 Å². The summed E-state index contributed by atoms with van der Waals surface area (Å²) in [5.74, 6) is -0.205. The zero-order chi connectivity index (χ0) is 18.6. The van der Waals surface area contributed by atoms with E-state index in [-0.39, 0.29) is 16.5 Å². The molecular formula is C18H14ClFN2O3S. The summed E-state index contributed by atoms with van der Waals surface area (Å²) in [6, 6.07) is 15.2. The Balaban J connectivity index is 1.74. The Labute approximate surface area is 155 Å². The van der Waals surface area contributed by atoms with Crippen LogP contribution in [0.5, 0.6) is 5.75 Å². The molecule has 0 aliphatic carbocycles. The second-order valence-corrected chi connectivity index (χ2v) is 7.41. The average Bonchev–Trinajstić information content (AvgIpc) is 2.63. The van der Waals surface area contributed by atoms with Crippen LogP contribution in [0.3, 0.4) is 0 Å². The first kappa shape index (κ1) is 18.2. The van der Waals surface area contributed by atoms with Gasteiger partial charge in [0.05, 0.1) is 21.3 Å². The van der Waals surface area contributed by atoms with Crippen LogP contribution in [0.25, 0.3) is 0 Å². The maximum absolute atomic E-state index is 13.2. The summed E-state index contributed by atoms with van der Waals surface area (Å²) in [7, 11) is -3.91. The lowest BCUT2D eigenvalue weighted by Gasteiger charge is -2.11. The van der Waals surface area contributed by atoms with Gasteiger partial charge < -0.3 is 4.74 Å². The Hall–Kier alpha value is -2.64. The zero-order valence-electron chi connectivity index (χ0n) is 13.4. The fourth-order valence-electron chi connectivity index (χ4n) is 2.15. The third-order valence-electron chi connectivity index (χ3n) is 3.40. The molecule has 26 heavy (non-hydrogen) atoms. The van der Waals surface area contributed by atoms with Crippen molar-refractivity contribution >= 4 is 27.3 Å². The van der Waals surface area contributed by atoms with E-state index < -0.39 is 15.8 Å². The first-order valence-electron chi connectivity index (χ1n) is 7.55. The van der Waals surface area contributed by atoms with Crippen molar-refractivity contribution < 1.29 is 17.5 Å². The van der Waals surface area contributed by atoms with Crippen molar-refractivity contribution in [2.45, 2.75) is 11.5 Å². The molecule has 134 valence electrons. The Morgan fingerprint density at radius 1 is 1.08 bits per heavy atom. The van der Waals surface area contributed by atoms with Crippen molar-refractivity contribution in [1.82, 2.24) is 4.98 Å². The van der Waals surface area contributed by atoms with E-state index in [9.17, 15) is 12.8 Å². The number of anilines is 1. The third-order valence-corrected chi connectivity index (χ3v) is 5.07. The van der Waals surface area contributed by atoms with Crippen molar-refractivity contribution in [1.29, 1.82) is 0 Å². The second kappa shape index (κ2) is 7.72. The molecule has 8 heteroatoms. The number of sulfonamides is 1. The SMILES string of the molecule is O=S(=O)(Nc1cccc(OCc2ccccn2)c1)c1ccc(F)c(Cl)c1. The molecule has 0 atom stereocenters. The van der Waals surface area contributed by atoms with Crippen LogP contribution in [0.15, 0.2) is 71.8 Å². The van der Waals surface area contributed by atoms with E-state index in [2.05, 4.69) is 9.71 Å². The summed E-state index contributed by atoms with van der Waals surface area (Å²) in [6.07, 6.45) is 1.66. The summed E-state index contributed by atoms with van der Waals surface area (Å²) in [4.78, 5) is 4.02. The molecule has 0 spiro atoms. The van der Waals surface area contributed by atoms with E-state index in [0.29, 0.717) is 11.4 Å². The maximum atomic E-state index is 13.2. The van der Waals surface area contributed by atoms with Gasteiger partial charge in [0.2, 0.25) is 0 Å². The first-order valence-corrected chi connectivity index (χ1v) is 9.41. The number of benzene rings is 2. The maximum Gasteiger partial charge on any atom is 0.261 e. The smallest absolute Gasteiger partial charge is 0.261 e. The number of aromatic nitrogens is 1. The van der Waals surface area contributed by atoms with E-state index in [1.807, 2.05) is 12.1 Å². The van der Waals surface area contributed by atoms with Crippen LogP contribution in [0.2, 0.25) is 5.02 Å². The summed E-state index contributed by atoms with van der Waals surface area (Å²) in [5.41, 5.74) is 1.06. The Morgan fingerprint density at radius 3 is 2.65 bits per heavy atom. The predicted octanol–water partition coefficient (Wildman–Crippen LogP) is 4.25. The van der Waals surface area contributed by atoms with Crippen LogP contribution in [-0.4, -0.2) is 13.4 Å². The molecular weight excluding hydrogens is 379 g/mol. The molecule has 5 nitrogen and oxygen atoms in total. The van der Waals surface area contributed by atoms with E-state index >= 15 is 0 Å². The number of hydrogen-bond acceptors (Lipinski definition) is 4. The Bertz CT molecular complexity index is 1010. The molecule has 0 fully saturated rings. The second-order valence-electron chi connectivity index (χ2n) is 5.32. The van der Waals surface area contributed by atoms with E-state index in [0.717, 1.165) is 23.9 Å². The van der Waals surface area contributed by atoms with Gasteiger partial charge in [-0.15, -0.1) is 0 Å². The minimum atomic E-state index is -3.91. The number of nitrogens with one attached hydrogen (secondary N) is 1. The number of pyridine rings is 1. The normalized spacial score (nSPS) is 11.2. The number of nitrogens with zero attached hydrogens (tertiary/aromatic N) is 1. The number of rotatable bonds is 6. The number of halogens is 2. The van der Waals surface area contributed by atoms with Gasteiger partial charge in [0.1, 0.15) is 18.2 Å². The predicted molar refractivity (Wildman–Crippen MR) is 97.2 cm³/mol. The number of hydrogen-bond donors (Lipinski definition) is 1. The highest BCUT2D eigenvalue weighted by Crippen LogP contribution is 2.24. The molecule has 0 saturated heterocycles. The van der Waals surface area contributed by atoms with Gasteiger partial charge in [-0.05, 0) is 42.5 Å². The molecule has 0 amide bonds. The topological polar surface area (TPSA) is 68.3 Å². The van der Waals surface area contributed by atoms with Gasteiger partial charge in [-0.2, -0.15) is 0 Å². The van der Waals surface area contributed by atoms with Crippen LogP contribution < -0.4 is 9.46 Å². The van der Waals surface area contributed by atoms with E-state index in [1.54, 1.807) is 36.5 Å². The zero-order valence-corrected chi connectivity index (χ0v) is 15.0. The fraction of sp³-hybridized carbons (Fsp3) is 0.0556. The van der Waals surface area contributed by atoms with Gasteiger partial charge in [-0.3, -0.25) is 9.71 Å². The molecule has 0 bridgehead atoms. The average molecular weight is 393 g/mol. The van der Waals surface area contributed by atoms with Crippen molar-refractivity contribution in [2.24, 2.45) is 0 Å². The minimum Gasteiger partial charge on any atom is -0.487 e. The van der Waals surface area contributed by atoms with E-state index in [1.165, 1.54) is 0 Å². The van der Waals surface area contributed by atoms with Gasteiger partial charge in [0, 0.05) is 12.3 Å². The molecule has 2 aromatic carbocycles. The Kier molecular flexibility index (Phi) is 5.39. The highest BCUT2D eigenvalue weighted by atomic mass is 35.5. The molecule has 3 aromatic rings. The molecule has 1 heterocycles. The van der Waals surface area contributed by atoms with E-state index in [4.69, 9.17) is 16.3 Å².